The smallest absolute Gasteiger partial charge is 0.0763 e. The molecule has 0 aliphatic carbocycles. The van der Waals surface area contributed by atoms with Crippen LogP contribution in [0.25, 0.3) is 0 Å². The monoisotopic (exact) mass is 336 g/mol. The Labute approximate surface area is 128 Å². The Kier molecular flexibility index (Phi) is 5.73. The molecule has 0 spiro atoms. The fourth-order valence-electron chi connectivity index (χ4n) is 2.25. The molecule has 2 aromatic heterocycles. The van der Waals surface area contributed by atoms with Crippen LogP contribution in [0.5, 0.6) is 0 Å². The lowest BCUT2D eigenvalue weighted by Gasteiger charge is -2.20. The van der Waals surface area contributed by atoms with Gasteiger partial charge >= 0.3 is 0 Å². The molecule has 0 saturated heterocycles. The summed E-state index contributed by atoms with van der Waals surface area (Å²) in [6, 6.07) is 4.34. The van der Waals surface area contributed by atoms with Gasteiger partial charge in [0.05, 0.1) is 11.7 Å². The van der Waals surface area contributed by atoms with Crippen molar-refractivity contribution in [3.8, 4) is 0 Å². The average molecular weight is 337 g/mol. The molecule has 2 rings (SSSR count). The van der Waals surface area contributed by atoms with E-state index in [9.17, 15) is 0 Å². The molecule has 1 N–H and O–H groups in total. The van der Waals surface area contributed by atoms with Crippen molar-refractivity contribution in [2.24, 2.45) is 0 Å². The summed E-state index contributed by atoms with van der Waals surface area (Å²) in [6.45, 7) is 6.25. The van der Waals surface area contributed by atoms with Crippen LogP contribution in [0.3, 0.4) is 0 Å². The third-order valence-corrected chi connectivity index (χ3v) is 3.57. The Hall–Kier alpha value is -1.20. The largest absolute Gasteiger partial charge is 0.305 e. The van der Waals surface area contributed by atoms with Gasteiger partial charge in [0.2, 0.25) is 0 Å². The SMILES string of the molecule is CCCNC(c1cncc(Br)c1)c1ccnn1CCC. The van der Waals surface area contributed by atoms with E-state index in [1.54, 1.807) is 0 Å². The predicted molar refractivity (Wildman–Crippen MR) is 84.6 cm³/mol. The molecule has 108 valence electrons. The molecule has 0 bridgehead atoms. The summed E-state index contributed by atoms with van der Waals surface area (Å²) in [6.07, 6.45) is 7.77. The number of hydrogen-bond acceptors (Lipinski definition) is 3. The zero-order valence-corrected chi connectivity index (χ0v) is 13.6. The van der Waals surface area contributed by atoms with Gasteiger partial charge in [-0.05, 0) is 53.0 Å². The maximum Gasteiger partial charge on any atom is 0.0763 e. The molecule has 20 heavy (non-hydrogen) atoms. The van der Waals surface area contributed by atoms with Crippen LogP contribution in [-0.4, -0.2) is 21.3 Å². The maximum atomic E-state index is 4.43. The zero-order valence-electron chi connectivity index (χ0n) is 12.0. The molecule has 2 heterocycles. The highest BCUT2D eigenvalue weighted by Gasteiger charge is 2.18. The van der Waals surface area contributed by atoms with Gasteiger partial charge in [-0.1, -0.05) is 13.8 Å². The summed E-state index contributed by atoms with van der Waals surface area (Å²) in [4.78, 5) is 4.28. The van der Waals surface area contributed by atoms with Gasteiger partial charge in [0.15, 0.2) is 0 Å². The molecule has 0 aliphatic rings. The van der Waals surface area contributed by atoms with E-state index in [0.29, 0.717) is 0 Å². The molecule has 2 aromatic rings. The summed E-state index contributed by atoms with van der Waals surface area (Å²) >= 11 is 3.50. The van der Waals surface area contributed by atoms with Crippen molar-refractivity contribution in [3.63, 3.8) is 0 Å². The van der Waals surface area contributed by atoms with E-state index in [4.69, 9.17) is 0 Å². The minimum Gasteiger partial charge on any atom is -0.305 e. The first-order valence-electron chi connectivity index (χ1n) is 7.11. The Bertz CT molecular complexity index is 538. The second-order valence-electron chi connectivity index (χ2n) is 4.80. The minimum absolute atomic E-state index is 0.133. The topological polar surface area (TPSA) is 42.7 Å². The van der Waals surface area contributed by atoms with Crippen molar-refractivity contribution in [3.05, 3.63) is 46.5 Å². The highest BCUT2D eigenvalue weighted by molar-refractivity contribution is 9.10. The molecule has 0 aromatic carbocycles. The van der Waals surface area contributed by atoms with Crippen LogP contribution in [0.2, 0.25) is 0 Å². The molecular weight excluding hydrogens is 316 g/mol. The van der Waals surface area contributed by atoms with Gasteiger partial charge in [0, 0.05) is 29.6 Å². The van der Waals surface area contributed by atoms with Crippen molar-refractivity contribution < 1.29 is 0 Å². The van der Waals surface area contributed by atoms with E-state index in [1.165, 1.54) is 5.69 Å². The molecule has 0 radical (unpaired) electrons. The van der Waals surface area contributed by atoms with Crippen LogP contribution < -0.4 is 5.32 Å². The van der Waals surface area contributed by atoms with E-state index >= 15 is 0 Å². The van der Waals surface area contributed by atoms with Crippen LogP contribution >= 0.6 is 15.9 Å². The van der Waals surface area contributed by atoms with Gasteiger partial charge in [0.25, 0.3) is 0 Å². The predicted octanol–water partition coefficient (Wildman–Crippen LogP) is 3.54. The van der Waals surface area contributed by atoms with Gasteiger partial charge in [-0.15, -0.1) is 0 Å². The highest BCUT2D eigenvalue weighted by atomic mass is 79.9. The highest BCUT2D eigenvalue weighted by Crippen LogP contribution is 2.23. The van der Waals surface area contributed by atoms with Crippen LogP contribution in [0.1, 0.15) is 44.0 Å². The standard InChI is InChI=1S/C15H21BrN4/c1-3-6-18-15(12-9-13(16)11-17-10-12)14-5-7-19-20(14)8-4-2/h5,7,9-11,15,18H,3-4,6,8H2,1-2H3. The van der Waals surface area contributed by atoms with Crippen molar-refractivity contribution in [2.45, 2.75) is 39.3 Å². The fourth-order valence-corrected chi connectivity index (χ4v) is 2.64. The van der Waals surface area contributed by atoms with Crippen molar-refractivity contribution in [1.29, 1.82) is 0 Å². The van der Waals surface area contributed by atoms with Crippen molar-refractivity contribution >= 4 is 15.9 Å². The molecule has 1 unspecified atom stereocenters. The van der Waals surface area contributed by atoms with E-state index in [-0.39, 0.29) is 6.04 Å². The van der Waals surface area contributed by atoms with Crippen LogP contribution in [-0.2, 0) is 6.54 Å². The first-order valence-corrected chi connectivity index (χ1v) is 7.91. The Morgan fingerprint density at radius 3 is 2.85 bits per heavy atom. The number of nitrogens with one attached hydrogen (secondary N) is 1. The number of nitrogens with zero attached hydrogens (tertiary/aromatic N) is 3. The molecule has 4 nitrogen and oxygen atoms in total. The molecule has 1 atom stereocenters. The van der Waals surface area contributed by atoms with Crippen LogP contribution in [0.4, 0.5) is 0 Å². The lowest BCUT2D eigenvalue weighted by Crippen LogP contribution is -2.26. The number of rotatable bonds is 7. The van der Waals surface area contributed by atoms with Crippen molar-refractivity contribution in [2.75, 3.05) is 6.54 Å². The fraction of sp³-hybridized carbons (Fsp3) is 0.467. The van der Waals surface area contributed by atoms with Gasteiger partial charge in [-0.25, -0.2) is 0 Å². The second-order valence-corrected chi connectivity index (χ2v) is 5.72. The summed E-state index contributed by atoms with van der Waals surface area (Å²) in [7, 11) is 0. The lowest BCUT2D eigenvalue weighted by atomic mass is 10.1. The number of aromatic nitrogens is 3. The first kappa shape index (κ1) is 15.2. The summed E-state index contributed by atoms with van der Waals surface area (Å²) in [5.41, 5.74) is 2.35. The zero-order chi connectivity index (χ0) is 14.4. The maximum absolute atomic E-state index is 4.43. The molecule has 5 heteroatoms. The van der Waals surface area contributed by atoms with Crippen molar-refractivity contribution in [1.82, 2.24) is 20.1 Å². The molecule has 0 saturated carbocycles. The normalized spacial score (nSPS) is 12.6. The van der Waals surface area contributed by atoms with Gasteiger partial charge < -0.3 is 5.32 Å². The Morgan fingerprint density at radius 2 is 2.15 bits per heavy atom. The minimum atomic E-state index is 0.133. The lowest BCUT2D eigenvalue weighted by molar-refractivity contribution is 0.511. The average Bonchev–Trinajstić information content (AvgIpc) is 2.88. The van der Waals surface area contributed by atoms with E-state index in [2.05, 4.69) is 62.0 Å². The van der Waals surface area contributed by atoms with E-state index in [0.717, 1.165) is 36.0 Å². The van der Waals surface area contributed by atoms with Crippen LogP contribution in [0, 0.1) is 0 Å². The number of aryl methyl sites for hydroxylation is 1. The molecule has 0 fully saturated rings. The third kappa shape index (κ3) is 3.67. The van der Waals surface area contributed by atoms with E-state index in [1.807, 2.05) is 18.6 Å². The number of hydrogen-bond donors (Lipinski definition) is 1. The summed E-state index contributed by atoms with van der Waals surface area (Å²) in [5.74, 6) is 0. The summed E-state index contributed by atoms with van der Waals surface area (Å²) < 4.78 is 3.08. The van der Waals surface area contributed by atoms with Gasteiger partial charge in [0.1, 0.15) is 0 Å². The molecule has 0 aliphatic heterocycles. The quantitative estimate of drug-likeness (QED) is 0.840. The number of pyridine rings is 1. The van der Waals surface area contributed by atoms with E-state index < -0.39 is 0 Å². The number of halogens is 1. The van der Waals surface area contributed by atoms with Crippen LogP contribution in [0.15, 0.2) is 35.2 Å². The first-order chi connectivity index (χ1) is 9.76. The Balaban J connectivity index is 2.33. The van der Waals surface area contributed by atoms with Gasteiger partial charge in [-0.2, -0.15) is 5.10 Å². The molecule has 0 amide bonds. The Morgan fingerprint density at radius 1 is 1.30 bits per heavy atom. The molecular formula is C15H21BrN4. The van der Waals surface area contributed by atoms with Gasteiger partial charge in [-0.3, -0.25) is 9.67 Å². The summed E-state index contributed by atoms with van der Waals surface area (Å²) in [5, 5.41) is 8.02. The second kappa shape index (κ2) is 7.55. The third-order valence-electron chi connectivity index (χ3n) is 3.14.